The lowest BCUT2D eigenvalue weighted by Gasteiger charge is -2.06. The van der Waals surface area contributed by atoms with Crippen LogP contribution >= 0.6 is 11.3 Å². The van der Waals surface area contributed by atoms with Gasteiger partial charge in [0.15, 0.2) is 5.78 Å². The molecule has 2 aromatic carbocycles. The zero-order chi connectivity index (χ0) is 18.7. The summed E-state index contributed by atoms with van der Waals surface area (Å²) >= 11 is 1.38. The lowest BCUT2D eigenvalue weighted by molar-refractivity contribution is -0.384. The lowest BCUT2D eigenvalue weighted by Crippen LogP contribution is -1.96. The van der Waals surface area contributed by atoms with Crippen LogP contribution in [-0.4, -0.2) is 15.7 Å². The highest BCUT2D eigenvalue weighted by Gasteiger charge is 2.12. The molecule has 0 aliphatic carbocycles. The minimum atomic E-state index is -0.429. The van der Waals surface area contributed by atoms with E-state index < -0.39 is 4.92 Å². The highest BCUT2D eigenvalue weighted by molar-refractivity contribution is 7.17. The molecule has 3 rings (SSSR count). The van der Waals surface area contributed by atoms with Crippen LogP contribution in [-0.2, 0) is 6.61 Å². The Balaban J connectivity index is 1.67. The van der Waals surface area contributed by atoms with Crippen molar-refractivity contribution in [1.29, 1.82) is 0 Å². The fraction of sp³-hybridized carbons (Fsp3) is 0.158. The maximum Gasteiger partial charge on any atom is 0.269 e. The van der Waals surface area contributed by atoms with Gasteiger partial charge in [-0.05, 0) is 48.9 Å². The smallest absolute Gasteiger partial charge is 0.269 e. The van der Waals surface area contributed by atoms with E-state index in [-0.39, 0.29) is 11.5 Å². The Labute approximate surface area is 154 Å². The van der Waals surface area contributed by atoms with Gasteiger partial charge in [-0.2, -0.15) is 0 Å². The van der Waals surface area contributed by atoms with Crippen molar-refractivity contribution < 1.29 is 14.5 Å². The Morgan fingerprint density at radius 2 is 1.81 bits per heavy atom. The zero-order valence-electron chi connectivity index (χ0n) is 14.3. The lowest BCUT2D eigenvalue weighted by atomic mass is 10.2. The fourth-order valence-corrected chi connectivity index (χ4v) is 3.39. The number of benzene rings is 2. The number of nitro groups is 1. The van der Waals surface area contributed by atoms with Gasteiger partial charge in [0.2, 0.25) is 0 Å². The molecule has 0 N–H and O–H groups in total. The number of carbonyl (C=O) groups is 1. The molecule has 3 aromatic rings. The summed E-state index contributed by atoms with van der Waals surface area (Å²) in [6.07, 6.45) is 0. The van der Waals surface area contributed by atoms with Gasteiger partial charge in [-0.1, -0.05) is 0 Å². The number of carbonyl (C=O) groups excluding carboxylic acids is 1. The van der Waals surface area contributed by atoms with Gasteiger partial charge < -0.3 is 4.74 Å². The molecule has 0 amide bonds. The van der Waals surface area contributed by atoms with Crippen molar-refractivity contribution in [3.05, 3.63) is 74.8 Å². The summed E-state index contributed by atoms with van der Waals surface area (Å²) in [5.74, 6) is 0.710. The minimum absolute atomic E-state index is 0.0225. The number of nitrogens with zero attached hydrogens (tertiary/aromatic N) is 2. The quantitative estimate of drug-likeness (QED) is 0.354. The predicted molar refractivity (Wildman–Crippen MR) is 99.7 cm³/mol. The number of hydrogen-bond donors (Lipinski definition) is 0. The van der Waals surface area contributed by atoms with Crippen molar-refractivity contribution in [2.24, 2.45) is 0 Å². The van der Waals surface area contributed by atoms with Crippen molar-refractivity contribution >= 4 is 22.8 Å². The first-order chi connectivity index (χ1) is 12.4. The molecule has 0 spiro atoms. The van der Waals surface area contributed by atoms with Crippen LogP contribution in [0.4, 0.5) is 5.69 Å². The maximum atomic E-state index is 11.6. The summed E-state index contributed by atoms with van der Waals surface area (Å²) < 4.78 is 5.71. The number of ketones is 1. The minimum Gasteiger partial charge on any atom is -0.489 e. The van der Waals surface area contributed by atoms with Crippen molar-refractivity contribution in [3.63, 3.8) is 0 Å². The molecular formula is C19H16N2O4S. The third-order valence-corrected chi connectivity index (χ3v) is 5.08. The highest BCUT2D eigenvalue weighted by atomic mass is 32.1. The number of aryl methyl sites for hydroxylation is 1. The molecule has 1 heterocycles. The van der Waals surface area contributed by atoms with Gasteiger partial charge in [0.25, 0.3) is 5.69 Å². The van der Waals surface area contributed by atoms with E-state index in [1.807, 2.05) is 31.2 Å². The molecule has 0 radical (unpaired) electrons. The summed E-state index contributed by atoms with van der Waals surface area (Å²) in [7, 11) is 0. The maximum absolute atomic E-state index is 11.6. The molecule has 0 saturated carbocycles. The average Bonchev–Trinajstić information content (AvgIpc) is 3.03. The number of hydrogen-bond acceptors (Lipinski definition) is 6. The number of rotatable bonds is 6. The van der Waals surface area contributed by atoms with Gasteiger partial charge >= 0.3 is 0 Å². The molecule has 132 valence electrons. The molecule has 26 heavy (non-hydrogen) atoms. The van der Waals surface area contributed by atoms with Gasteiger partial charge in [-0.3, -0.25) is 14.9 Å². The van der Waals surface area contributed by atoms with E-state index in [1.54, 1.807) is 19.1 Å². The third-order valence-electron chi connectivity index (χ3n) is 3.77. The van der Waals surface area contributed by atoms with Gasteiger partial charge in [-0.25, -0.2) is 4.98 Å². The van der Waals surface area contributed by atoms with Crippen LogP contribution in [0.3, 0.4) is 0 Å². The van der Waals surface area contributed by atoms with Crippen LogP contribution in [0.15, 0.2) is 48.5 Å². The van der Waals surface area contributed by atoms with E-state index >= 15 is 0 Å². The van der Waals surface area contributed by atoms with Crippen LogP contribution in [0, 0.1) is 17.0 Å². The fourth-order valence-electron chi connectivity index (χ4n) is 2.42. The third kappa shape index (κ3) is 3.94. The van der Waals surface area contributed by atoms with E-state index in [9.17, 15) is 14.9 Å². The van der Waals surface area contributed by atoms with Crippen molar-refractivity contribution in [2.45, 2.75) is 20.5 Å². The largest absolute Gasteiger partial charge is 0.489 e. The number of nitro benzene ring substituents is 1. The molecular weight excluding hydrogens is 352 g/mol. The number of aromatic nitrogens is 1. The normalized spacial score (nSPS) is 10.5. The topological polar surface area (TPSA) is 82.3 Å². The molecule has 0 saturated heterocycles. The molecule has 0 aliphatic heterocycles. The second kappa shape index (κ2) is 7.45. The van der Waals surface area contributed by atoms with Crippen LogP contribution in [0.5, 0.6) is 5.75 Å². The van der Waals surface area contributed by atoms with Crippen molar-refractivity contribution in [2.75, 3.05) is 0 Å². The Kier molecular flexibility index (Phi) is 5.09. The molecule has 0 bridgehead atoms. The van der Waals surface area contributed by atoms with E-state index in [4.69, 9.17) is 4.74 Å². The van der Waals surface area contributed by atoms with Crippen LogP contribution in [0.2, 0.25) is 0 Å². The molecule has 0 aliphatic rings. The monoisotopic (exact) mass is 368 g/mol. The van der Waals surface area contributed by atoms with Gasteiger partial charge in [-0.15, -0.1) is 11.3 Å². The first kappa shape index (κ1) is 17.8. The van der Waals surface area contributed by atoms with Gasteiger partial charge in [0, 0.05) is 24.6 Å². The van der Waals surface area contributed by atoms with Crippen LogP contribution < -0.4 is 4.74 Å². The number of thiazole rings is 1. The summed E-state index contributed by atoms with van der Waals surface area (Å²) in [6.45, 7) is 3.69. The van der Waals surface area contributed by atoms with E-state index in [0.29, 0.717) is 17.2 Å². The van der Waals surface area contributed by atoms with Gasteiger partial charge in [0.1, 0.15) is 17.4 Å². The molecule has 0 unspecified atom stereocenters. The summed E-state index contributed by atoms with van der Waals surface area (Å²) in [5.41, 5.74) is 2.58. The standard InChI is InChI=1S/C19H16N2O4S/c1-12-18(13(2)22)26-19(20-12)15-5-9-17(10-6-15)25-11-14-3-7-16(8-4-14)21(23)24/h3-10H,11H2,1-2H3. The van der Waals surface area contributed by atoms with E-state index in [2.05, 4.69) is 4.98 Å². The summed E-state index contributed by atoms with van der Waals surface area (Å²) in [4.78, 5) is 26.9. The molecule has 6 nitrogen and oxygen atoms in total. The number of Topliss-reactive ketones (excluding diaryl/α,β-unsaturated/α-hetero) is 1. The van der Waals surface area contributed by atoms with Crippen molar-refractivity contribution in [3.8, 4) is 16.3 Å². The SMILES string of the molecule is CC(=O)c1sc(-c2ccc(OCc3ccc([N+](=O)[O-])cc3)cc2)nc1C. The van der Waals surface area contributed by atoms with Gasteiger partial charge in [0.05, 0.1) is 15.5 Å². The molecule has 0 atom stereocenters. The Bertz CT molecular complexity index is 947. The second-order valence-corrected chi connectivity index (χ2v) is 6.73. The predicted octanol–water partition coefficient (Wildman–Crippen LogP) is 4.81. The van der Waals surface area contributed by atoms with E-state index in [0.717, 1.165) is 21.8 Å². The first-order valence-corrected chi connectivity index (χ1v) is 8.70. The molecule has 0 fully saturated rings. The second-order valence-electron chi connectivity index (χ2n) is 5.73. The summed E-state index contributed by atoms with van der Waals surface area (Å²) in [5, 5.41) is 11.5. The number of non-ortho nitro benzene ring substituents is 1. The Morgan fingerprint density at radius 1 is 1.15 bits per heavy atom. The van der Waals surface area contributed by atoms with Crippen LogP contribution in [0.1, 0.15) is 27.9 Å². The zero-order valence-corrected chi connectivity index (χ0v) is 15.1. The average molecular weight is 368 g/mol. The Hall–Kier alpha value is -3.06. The van der Waals surface area contributed by atoms with Crippen LogP contribution in [0.25, 0.3) is 10.6 Å². The summed E-state index contributed by atoms with van der Waals surface area (Å²) in [6, 6.07) is 13.7. The number of ether oxygens (including phenoxy) is 1. The molecule has 7 heteroatoms. The van der Waals surface area contributed by atoms with E-state index in [1.165, 1.54) is 23.5 Å². The van der Waals surface area contributed by atoms with Crippen molar-refractivity contribution in [1.82, 2.24) is 4.98 Å². The molecule has 1 aromatic heterocycles. The Morgan fingerprint density at radius 3 is 2.35 bits per heavy atom. The first-order valence-electron chi connectivity index (χ1n) is 7.89. The highest BCUT2D eigenvalue weighted by Crippen LogP contribution is 2.29.